The number of hydrogen-bond donors (Lipinski definition) is 2. The highest BCUT2D eigenvalue weighted by molar-refractivity contribution is 7.10. The molecule has 12 heteroatoms. The number of carbonyl (C=O) groups is 2. The number of terminal acetylenes is 1. The van der Waals surface area contributed by atoms with Crippen LogP contribution in [0.25, 0.3) is 33.4 Å². The molecule has 1 aliphatic rings. The molecule has 266 valence electrons. The molecule has 0 spiro atoms. The summed E-state index contributed by atoms with van der Waals surface area (Å²) < 4.78 is 19.7. The first-order valence-corrected chi connectivity index (χ1v) is 18.1. The number of methoxy groups -OCH3 is 1. The summed E-state index contributed by atoms with van der Waals surface area (Å²) >= 11 is 1.41. The molecule has 2 N–H and O–H groups in total. The summed E-state index contributed by atoms with van der Waals surface area (Å²) in [6, 6.07) is 9.55. The van der Waals surface area contributed by atoms with Gasteiger partial charge in [0.15, 0.2) is 0 Å². The fourth-order valence-electron chi connectivity index (χ4n) is 6.66. The fraction of sp³-hybridized carbons (Fsp3) is 0.474. The molecule has 3 aromatic heterocycles. The summed E-state index contributed by atoms with van der Waals surface area (Å²) in [6.07, 6.45) is 11.8. The largest absolute Gasteiger partial charge is 0.446 e. The van der Waals surface area contributed by atoms with E-state index in [0.717, 1.165) is 64.1 Å². The van der Waals surface area contributed by atoms with Crippen LogP contribution >= 0.6 is 11.3 Å². The number of pyridine rings is 1. The van der Waals surface area contributed by atoms with Crippen molar-refractivity contribution in [3.8, 4) is 35.0 Å². The molecule has 0 radical (unpaired) electrons. The van der Waals surface area contributed by atoms with Gasteiger partial charge in [-0.15, -0.1) is 11.3 Å². The molecule has 4 aromatic rings. The number of nitrogens with zero attached hydrogens (tertiary/aromatic N) is 4. The van der Waals surface area contributed by atoms with E-state index >= 15 is 0 Å². The monoisotopic (exact) mass is 700 g/mol. The smallest absolute Gasteiger partial charge is 0.262 e. The quantitative estimate of drug-likeness (QED) is 0.107. The number of aromatic nitrogens is 3. The lowest BCUT2D eigenvalue weighted by atomic mass is 9.84. The van der Waals surface area contributed by atoms with Gasteiger partial charge < -0.3 is 24.1 Å². The second kappa shape index (κ2) is 16.6. The van der Waals surface area contributed by atoms with Gasteiger partial charge in [0.05, 0.1) is 23.2 Å². The summed E-state index contributed by atoms with van der Waals surface area (Å²) in [7, 11) is 1.70. The van der Waals surface area contributed by atoms with E-state index in [1.54, 1.807) is 18.3 Å². The van der Waals surface area contributed by atoms with E-state index in [1.807, 2.05) is 25.3 Å². The van der Waals surface area contributed by atoms with Crippen LogP contribution in [0.4, 0.5) is 0 Å². The lowest BCUT2D eigenvalue weighted by molar-refractivity contribution is -0.143. The van der Waals surface area contributed by atoms with Crippen LogP contribution in [0.2, 0.25) is 0 Å². The molecular weight excluding hydrogens is 653 g/mol. The Labute approximate surface area is 298 Å². The minimum Gasteiger partial charge on any atom is -0.446 e. The Morgan fingerprint density at radius 3 is 2.76 bits per heavy atom. The highest BCUT2D eigenvalue weighted by Gasteiger charge is 2.36. The van der Waals surface area contributed by atoms with Crippen molar-refractivity contribution in [1.29, 1.82) is 0 Å². The molecule has 3 atom stereocenters. The zero-order chi connectivity index (χ0) is 35.8. The van der Waals surface area contributed by atoms with Crippen LogP contribution in [-0.4, -0.2) is 71.3 Å². The lowest BCUT2D eigenvalue weighted by Crippen LogP contribution is -2.56. The molecule has 1 fully saturated rings. The zero-order valence-corrected chi connectivity index (χ0v) is 30.6. The van der Waals surface area contributed by atoms with Crippen LogP contribution in [0.5, 0.6) is 0 Å². The summed E-state index contributed by atoms with van der Waals surface area (Å²) in [5, 5.41) is 7.98. The van der Waals surface area contributed by atoms with Gasteiger partial charge in [-0.25, -0.2) is 10.4 Å². The van der Waals surface area contributed by atoms with Gasteiger partial charge in [-0.3, -0.25) is 19.6 Å². The van der Waals surface area contributed by atoms with Crippen molar-refractivity contribution in [2.75, 3.05) is 33.4 Å². The third-order valence-corrected chi connectivity index (χ3v) is 10.0. The summed E-state index contributed by atoms with van der Waals surface area (Å²) in [5.41, 5.74) is 9.76. The number of aryl methyl sites for hydroxylation is 1. The molecule has 0 aliphatic carbocycles. The maximum absolute atomic E-state index is 13.6. The Kier molecular flexibility index (Phi) is 12.3. The molecule has 4 heterocycles. The minimum absolute atomic E-state index is 0.211. The Morgan fingerprint density at radius 1 is 1.26 bits per heavy atom. The van der Waals surface area contributed by atoms with Gasteiger partial charge in [-0.2, -0.15) is 0 Å². The Bertz CT molecular complexity index is 1820. The van der Waals surface area contributed by atoms with Crippen molar-refractivity contribution in [3.05, 3.63) is 58.2 Å². The second-order valence-electron chi connectivity index (χ2n) is 13.2. The number of hydrazine groups is 1. The molecule has 1 aliphatic heterocycles. The number of hydrogen-bond acceptors (Lipinski definition) is 9. The van der Waals surface area contributed by atoms with E-state index in [4.69, 9.17) is 30.6 Å². The van der Waals surface area contributed by atoms with Crippen LogP contribution in [0, 0.1) is 17.9 Å². The average molecular weight is 701 g/mol. The van der Waals surface area contributed by atoms with Gasteiger partial charge in [0.25, 0.3) is 5.91 Å². The maximum atomic E-state index is 13.6. The molecule has 0 saturated carbocycles. The topological polar surface area (TPSA) is 120 Å². The first-order valence-electron chi connectivity index (χ1n) is 17.2. The Hall–Kier alpha value is -4.28. The highest BCUT2D eigenvalue weighted by atomic mass is 32.1. The molecule has 50 heavy (non-hydrogen) atoms. The van der Waals surface area contributed by atoms with Gasteiger partial charge in [-0.1, -0.05) is 26.3 Å². The van der Waals surface area contributed by atoms with Gasteiger partial charge >= 0.3 is 0 Å². The number of carbonyl (C=O) groups excluding carboxylic acids is 2. The molecule has 1 saturated heterocycles. The number of amides is 2. The van der Waals surface area contributed by atoms with E-state index in [1.165, 1.54) is 11.3 Å². The number of nitrogens with one attached hydrogen (secondary N) is 2. The number of benzene rings is 1. The van der Waals surface area contributed by atoms with Crippen LogP contribution < -0.4 is 10.7 Å². The second-order valence-corrected chi connectivity index (χ2v) is 14.1. The third kappa shape index (κ3) is 7.87. The first kappa shape index (κ1) is 37.0. The Morgan fingerprint density at radius 2 is 2.08 bits per heavy atom. The SMILES string of the molecule is C#COCC(C)(C)Cc1c(-c2cccnc2C(C)OC)n(CC)c2ccc(-c3csc(C(OCC)C(NC=O)C(=O)N4CCCCN4)n3)cc12. The summed E-state index contributed by atoms with van der Waals surface area (Å²) in [4.78, 5) is 35.1. The first-order chi connectivity index (χ1) is 24.2. The van der Waals surface area contributed by atoms with E-state index in [-0.39, 0.29) is 17.4 Å². The van der Waals surface area contributed by atoms with Crippen LogP contribution in [0.3, 0.4) is 0 Å². The average Bonchev–Trinajstić information content (AvgIpc) is 3.74. The normalized spacial score (nSPS) is 15.3. The fourth-order valence-corrected chi connectivity index (χ4v) is 7.58. The zero-order valence-electron chi connectivity index (χ0n) is 29.8. The molecule has 0 bridgehead atoms. The Balaban J connectivity index is 1.62. The van der Waals surface area contributed by atoms with Gasteiger partial charge in [-0.05, 0) is 69.9 Å². The van der Waals surface area contributed by atoms with Gasteiger partial charge in [0.2, 0.25) is 6.41 Å². The lowest BCUT2D eigenvalue weighted by Gasteiger charge is -2.33. The molecule has 2 amide bonds. The van der Waals surface area contributed by atoms with Crippen molar-refractivity contribution in [2.45, 2.75) is 78.7 Å². The third-order valence-electron chi connectivity index (χ3n) is 9.12. The minimum atomic E-state index is -0.928. The van der Waals surface area contributed by atoms with E-state index < -0.39 is 12.1 Å². The predicted octanol–water partition coefficient (Wildman–Crippen LogP) is 6.05. The molecular formula is C38H48N6O5S. The number of fused-ring (bicyclic) bond motifs is 1. The van der Waals surface area contributed by atoms with E-state index in [9.17, 15) is 9.59 Å². The number of rotatable bonds is 16. The predicted molar refractivity (Wildman–Crippen MR) is 196 cm³/mol. The van der Waals surface area contributed by atoms with Gasteiger partial charge in [0.1, 0.15) is 29.9 Å². The van der Waals surface area contributed by atoms with E-state index in [0.29, 0.717) is 44.1 Å². The van der Waals surface area contributed by atoms with Crippen molar-refractivity contribution in [1.82, 2.24) is 30.3 Å². The van der Waals surface area contributed by atoms with Gasteiger partial charge in [0, 0.05) is 72.4 Å². The van der Waals surface area contributed by atoms with Crippen molar-refractivity contribution in [3.63, 3.8) is 0 Å². The van der Waals surface area contributed by atoms with Crippen molar-refractivity contribution < 1.29 is 23.8 Å². The van der Waals surface area contributed by atoms with Crippen molar-refractivity contribution in [2.24, 2.45) is 5.41 Å². The van der Waals surface area contributed by atoms with Crippen molar-refractivity contribution >= 4 is 34.6 Å². The molecule has 3 unspecified atom stereocenters. The summed E-state index contributed by atoms with van der Waals surface area (Å²) in [5.74, 6) is -0.250. The van der Waals surface area contributed by atoms with Crippen LogP contribution in [0.15, 0.2) is 41.9 Å². The molecule has 5 rings (SSSR count). The van der Waals surface area contributed by atoms with Crippen LogP contribution in [-0.2, 0) is 36.8 Å². The van der Waals surface area contributed by atoms with Crippen LogP contribution in [0.1, 0.15) is 75.9 Å². The standard InChI is InChI=1S/C38H48N6O5S/c1-8-43-31-16-15-26(30-22-50-36(42-30)35(49-10-3)33(40-24-45)37(46)44-19-12-11-18-41-44)20-28(31)29(21-38(5,6)23-48-9-2)34(43)27-14-13-17-39-32(27)25(4)47-7/h2,13-17,20,22,24-25,33,35,41H,8,10-12,18-19,21,23H2,1,3-7H3,(H,40,45). The molecule has 1 aromatic carbocycles. The number of thiazole rings is 1. The summed E-state index contributed by atoms with van der Waals surface area (Å²) in [6.45, 7) is 13.1. The van der Waals surface area contributed by atoms with E-state index in [2.05, 4.69) is 66.5 Å². The maximum Gasteiger partial charge on any atom is 0.262 e. The number of ether oxygens (including phenoxy) is 3. The molecule has 11 nitrogen and oxygen atoms in total. The highest BCUT2D eigenvalue weighted by Crippen LogP contribution is 2.42.